The van der Waals surface area contributed by atoms with Crippen molar-refractivity contribution in [2.45, 2.75) is 13.5 Å². The van der Waals surface area contributed by atoms with Crippen molar-refractivity contribution in [1.29, 1.82) is 0 Å². The molecule has 4 amide bonds. The Hall–Kier alpha value is -4.19. The van der Waals surface area contributed by atoms with E-state index in [0.29, 0.717) is 23.6 Å². The number of ether oxygens (including phenoxy) is 1. The standard InChI is InChI=1S/C25H20N2O4/c1-17-6-5-7-19(14-17)16-31-21-12-10-18(11-13-21)15-22-23(28)26-25(30)27(24(22)29)20-8-3-2-4-9-20/h2-15H,16H2,1H3,(H,26,28,30)/b22-15+. The Balaban J connectivity index is 1.51. The maximum Gasteiger partial charge on any atom is 0.335 e. The summed E-state index contributed by atoms with van der Waals surface area (Å²) in [4.78, 5) is 38.3. The maximum atomic E-state index is 12.9. The van der Waals surface area contributed by atoms with Crippen LogP contribution in [0.4, 0.5) is 10.5 Å². The van der Waals surface area contributed by atoms with Crippen molar-refractivity contribution in [3.8, 4) is 5.75 Å². The predicted molar refractivity (Wildman–Crippen MR) is 117 cm³/mol. The van der Waals surface area contributed by atoms with Crippen molar-refractivity contribution < 1.29 is 19.1 Å². The van der Waals surface area contributed by atoms with Crippen molar-refractivity contribution in [3.63, 3.8) is 0 Å². The van der Waals surface area contributed by atoms with Gasteiger partial charge in [0.05, 0.1) is 5.69 Å². The summed E-state index contributed by atoms with van der Waals surface area (Å²) in [7, 11) is 0. The predicted octanol–water partition coefficient (Wildman–Crippen LogP) is 4.24. The first-order valence-electron chi connectivity index (χ1n) is 9.76. The van der Waals surface area contributed by atoms with Crippen LogP contribution in [-0.4, -0.2) is 17.8 Å². The highest BCUT2D eigenvalue weighted by molar-refractivity contribution is 6.39. The molecule has 4 rings (SSSR count). The quantitative estimate of drug-likeness (QED) is 0.502. The van der Waals surface area contributed by atoms with Crippen LogP contribution in [0.5, 0.6) is 5.75 Å². The Labute approximate surface area is 179 Å². The summed E-state index contributed by atoms with van der Waals surface area (Å²) in [6.45, 7) is 2.47. The first kappa shape index (κ1) is 20.1. The van der Waals surface area contributed by atoms with Crippen molar-refractivity contribution in [1.82, 2.24) is 5.32 Å². The highest BCUT2D eigenvalue weighted by atomic mass is 16.5. The molecule has 1 fully saturated rings. The number of urea groups is 1. The lowest BCUT2D eigenvalue weighted by Gasteiger charge is -2.26. The monoisotopic (exact) mass is 412 g/mol. The van der Waals surface area contributed by atoms with E-state index >= 15 is 0 Å². The minimum atomic E-state index is -0.766. The number of hydrogen-bond donors (Lipinski definition) is 1. The van der Waals surface area contributed by atoms with Gasteiger partial charge in [0.15, 0.2) is 0 Å². The molecule has 0 saturated carbocycles. The van der Waals surface area contributed by atoms with Crippen LogP contribution < -0.4 is 15.0 Å². The van der Waals surface area contributed by atoms with Gasteiger partial charge in [-0.3, -0.25) is 14.9 Å². The van der Waals surface area contributed by atoms with E-state index < -0.39 is 17.8 Å². The first-order chi connectivity index (χ1) is 15.0. The van der Waals surface area contributed by atoms with Gasteiger partial charge in [-0.15, -0.1) is 0 Å². The third-order valence-electron chi connectivity index (χ3n) is 4.80. The van der Waals surface area contributed by atoms with Gasteiger partial charge in [-0.05, 0) is 48.4 Å². The molecule has 3 aromatic carbocycles. The highest BCUT2D eigenvalue weighted by Crippen LogP contribution is 2.22. The minimum absolute atomic E-state index is 0.114. The molecule has 3 aromatic rings. The maximum absolute atomic E-state index is 12.9. The van der Waals surface area contributed by atoms with Crippen molar-refractivity contribution in [2.75, 3.05) is 4.90 Å². The van der Waals surface area contributed by atoms with Gasteiger partial charge in [-0.1, -0.05) is 60.2 Å². The number of hydrogen-bond acceptors (Lipinski definition) is 4. The number of benzene rings is 3. The number of barbiturate groups is 1. The summed E-state index contributed by atoms with van der Waals surface area (Å²) in [6, 6.07) is 22.8. The number of imide groups is 2. The Kier molecular flexibility index (Phi) is 5.62. The van der Waals surface area contributed by atoms with Crippen LogP contribution in [0.2, 0.25) is 0 Å². The number of anilines is 1. The van der Waals surface area contributed by atoms with Gasteiger partial charge in [0.1, 0.15) is 17.9 Å². The molecule has 1 heterocycles. The average Bonchev–Trinajstić information content (AvgIpc) is 2.77. The molecule has 0 bridgehead atoms. The van der Waals surface area contributed by atoms with Crippen molar-refractivity contribution in [3.05, 3.63) is 101 Å². The van der Waals surface area contributed by atoms with Crippen LogP contribution in [0.25, 0.3) is 6.08 Å². The number of nitrogens with zero attached hydrogens (tertiary/aromatic N) is 1. The molecular formula is C25H20N2O4. The lowest BCUT2D eigenvalue weighted by Crippen LogP contribution is -2.54. The van der Waals surface area contributed by atoms with Crippen LogP contribution in [0.15, 0.2) is 84.4 Å². The van der Waals surface area contributed by atoms with E-state index in [1.807, 2.05) is 25.1 Å². The zero-order valence-electron chi connectivity index (χ0n) is 16.9. The molecule has 1 aliphatic rings. The van der Waals surface area contributed by atoms with E-state index in [1.165, 1.54) is 11.6 Å². The van der Waals surface area contributed by atoms with Crippen LogP contribution in [0.3, 0.4) is 0 Å². The number of nitrogens with one attached hydrogen (secondary N) is 1. The van der Waals surface area contributed by atoms with Crippen LogP contribution in [0.1, 0.15) is 16.7 Å². The molecule has 0 aromatic heterocycles. The molecule has 6 nitrogen and oxygen atoms in total. The highest BCUT2D eigenvalue weighted by Gasteiger charge is 2.36. The molecule has 1 aliphatic heterocycles. The van der Waals surface area contributed by atoms with Gasteiger partial charge in [-0.2, -0.15) is 0 Å². The Morgan fingerprint density at radius 3 is 2.35 bits per heavy atom. The smallest absolute Gasteiger partial charge is 0.335 e. The van der Waals surface area contributed by atoms with Crippen molar-refractivity contribution in [2.24, 2.45) is 0 Å². The first-order valence-corrected chi connectivity index (χ1v) is 9.76. The Morgan fingerprint density at radius 2 is 1.65 bits per heavy atom. The van der Waals surface area contributed by atoms with Gasteiger partial charge in [-0.25, -0.2) is 9.69 Å². The molecule has 154 valence electrons. The molecule has 0 spiro atoms. The molecule has 6 heteroatoms. The normalized spacial score (nSPS) is 15.2. The molecule has 0 unspecified atom stereocenters. The van der Waals surface area contributed by atoms with E-state index in [1.54, 1.807) is 54.6 Å². The number of carbonyl (C=O) groups excluding carboxylic acids is 3. The van der Waals surface area contributed by atoms with Crippen molar-refractivity contribution >= 4 is 29.6 Å². The van der Waals surface area contributed by atoms with Gasteiger partial charge >= 0.3 is 6.03 Å². The summed E-state index contributed by atoms with van der Waals surface area (Å²) >= 11 is 0. The SMILES string of the molecule is Cc1cccc(COc2ccc(/C=C3\C(=O)NC(=O)N(c4ccccc4)C3=O)cc2)c1. The third kappa shape index (κ3) is 4.53. The largest absolute Gasteiger partial charge is 0.489 e. The second kappa shape index (κ2) is 8.67. The lowest BCUT2D eigenvalue weighted by atomic mass is 10.1. The van der Waals surface area contributed by atoms with Gasteiger partial charge in [0.25, 0.3) is 11.8 Å². The molecule has 0 radical (unpaired) electrons. The van der Waals surface area contributed by atoms with E-state index in [9.17, 15) is 14.4 Å². The van der Waals surface area contributed by atoms with E-state index in [4.69, 9.17) is 4.74 Å². The molecule has 1 saturated heterocycles. The fourth-order valence-electron chi connectivity index (χ4n) is 3.26. The number of aryl methyl sites for hydroxylation is 1. The Morgan fingerprint density at radius 1 is 0.903 bits per heavy atom. The third-order valence-corrected chi connectivity index (χ3v) is 4.80. The zero-order valence-corrected chi connectivity index (χ0v) is 16.9. The topological polar surface area (TPSA) is 75.7 Å². The fourth-order valence-corrected chi connectivity index (χ4v) is 3.26. The van der Waals surface area contributed by atoms with E-state index in [2.05, 4.69) is 11.4 Å². The number of amides is 4. The zero-order chi connectivity index (χ0) is 21.8. The second-order valence-electron chi connectivity index (χ2n) is 7.14. The number of para-hydroxylation sites is 1. The van der Waals surface area contributed by atoms with Gasteiger partial charge in [0, 0.05) is 0 Å². The number of rotatable bonds is 5. The van der Waals surface area contributed by atoms with Gasteiger partial charge in [0.2, 0.25) is 0 Å². The summed E-state index contributed by atoms with van der Waals surface area (Å²) in [5, 5.41) is 2.22. The summed E-state index contributed by atoms with van der Waals surface area (Å²) in [5.41, 5.74) is 3.16. The molecule has 1 N–H and O–H groups in total. The molecule has 31 heavy (non-hydrogen) atoms. The summed E-state index contributed by atoms with van der Waals surface area (Å²) in [5.74, 6) is -0.717. The number of carbonyl (C=O) groups is 3. The molecule has 0 atom stereocenters. The molecule has 0 aliphatic carbocycles. The average molecular weight is 412 g/mol. The fraction of sp³-hybridized carbons (Fsp3) is 0.0800. The van der Waals surface area contributed by atoms with E-state index in [0.717, 1.165) is 10.5 Å². The van der Waals surface area contributed by atoms with Crippen LogP contribution in [0, 0.1) is 6.92 Å². The Bertz CT molecular complexity index is 1170. The second-order valence-corrected chi connectivity index (χ2v) is 7.14. The summed E-state index contributed by atoms with van der Waals surface area (Å²) < 4.78 is 5.80. The summed E-state index contributed by atoms with van der Waals surface area (Å²) in [6.07, 6.45) is 1.46. The minimum Gasteiger partial charge on any atom is -0.489 e. The van der Waals surface area contributed by atoms with E-state index in [-0.39, 0.29) is 5.57 Å². The van der Waals surface area contributed by atoms with Gasteiger partial charge < -0.3 is 4.74 Å². The lowest BCUT2D eigenvalue weighted by molar-refractivity contribution is -0.122. The molecular weight excluding hydrogens is 392 g/mol. The van der Waals surface area contributed by atoms with Crippen LogP contribution >= 0.6 is 0 Å². The van der Waals surface area contributed by atoms with Crippen LogP contribution in [-0.2, 0) is 16.2 Å².